The van der Waals surface area contributed by atoms with Gasteiger partial charge in [-0.15, -0.1) is 0 Å². The molecule has 0 saturated heterocycles. The zero-order valence-corrected chi connectivity index (χ0v) is 14.6. The minimum absolute atomic E-state index is 0.313. The van der Waals surface area contributed by atoms with Gasteiger partial charge in [-0.05, 0) is 28.5 Å². The molecule has 19 heavy (non-hydrogen) atoms. The molecule has 0 aliphatic rings. The number of benzene rings is 1. The molecule has 0 aromatic heterocycles. The van der Waals surface area contributed by atoms with Crippen LogP contribution in [0.2, 0.25) is 5.04 Å². The maximum absolute atomic E-state index is 6.33. The van der Waals surface area contributed by atoms with Crippen LogP contribution in [0.15, 0.2) is 30.3 Å². The summed E-state index contributed by atoms with van der Waals surface area (Å²) in [6, 6.07) is 11.9. The predicted octanol–water partition coefficient (Wildman–Crippen LogP) is 4.75. The number of hydrogen-bond donors (Lipinski definition) is 0. The minimum Gasteiger partial charge on any atom is -0.419 e. The van der Waals surface area contributed by atoms with E-state index in [0.29, 0.717) is 10.5 Å². The molecule has 0 spiro atoms. The fraction of sp³-hybridized carbons (Fsp3) is 0.647. The second kappa shape index (κ2) is 6.71. The molecule has 1 aromatic rings. The van der Waals surface area contributed by atoms with Gasteiger partial charge in [-0.3, -0.25) is 0 Å². The highest BCUT2D eigenvalue weighted by Crippen LogP contribution is 2.30. The maximum Gasteiger partial charge on any atom is 0.186 e. The third kappa shape index (κ3) is 6.93. The lowest BCUT2D eigenvalue weighted by Gasteiger charge is -2.30. The van der Waals surface area contributed by atoms with Crippen molar-refractivity contribution in [2.45, 2.75) is 59.0 Å². The van der Waals surface area contributed by atoms with Crippen LogP contribution < -0.4 is 0 Å². The van der Waals surface area contributed by atoms with E-state index in [1.807, 2.05) is 0 Å². The largest absolute Gasteiger partial charge is 0.419 e. The summed E-state index contributed by atoms with van der Waals surface area (Å²) < 4.78 is 6.33. The normalized spacial score (nSPS) is 14.4. The van der Waals surface area contributed by atoms with E-state index in [1.54, 1.807) is 0 Å². The van der Waals surface area contributed by atoms with Crippen molar-refractivity contribution >= 4 is 9.04 Å². The molecular weight excluding hydrogens is 248 g/mol. The summed E-state index contributed by atoms with van der Waals surface area (Å²) in [4.78, 5) is 0. The average molecular weight is 279 g/mol. The second-order valence-electron chi connectivity index (χ2n) is 7.73. The van der Waals surface area contributed by atoms with Crippen LogP contribution in [0.4, 0.5) is 0 Å². The molecule has 0 fully saturated rings. The summed E-state index contributed by atoms with van der Waals surface area (Å²) >= 11 is 0. The van der Waals surface area contributed by atoms with Crippen molar-refractivity contribution in [1.29, 1.82) is 0 Å². The summed E-state index contributed by atoms with van der Waals surface area (Å²) in [6.45, 7) is 14.7. The van der Waals surface area contributed by atoms with Crippen LogP contribution in [0.5, 0.6) is 0 Å². The SMILES string of the molecule is CC(C)(C)CCO[SiH](Cc1ccccc1)C(C)(C)C. The summed E-state index contributed by atoms with van der Waals surface area (Å²) in [5.41, 5.74) is 1.79. The van der Waals surface area contributed by atoms with E-state index in [0.717, 1.165) is 19.1 Å². The van der Waals surface area contributed by atoms with Gasteiger partial charge in [0.25, 0.3) is 0 Å². The highest BCUT2D eigenvalue weighted by Gasteiger charge is 2.28. The molecule has 1 aromatic carbocycles. The Morgan fingerprint density at radius 2 is 1.53 bits per heavy atom. The second-order valence-corrected chi connectivity index (χ2v) is 11.2. The first-order valence-electron chi connectivity index (χ1n) is 7.34. The molecule has 108 valence electrons. The third-order valence-corrected chi connectivity index (χ3v) is 6.81. The predicted molar refractivity (Wildman–Crippen MR) is 87.0 cm³/mol. The zero-order chi connectivity index (χ0) is 14.5. The van der Waals surface area contributed by atoms with Crippen molar-refractivity contribution in [2.24, 2.45) is 5.41 Å². The van der Waals surface area contributed by atoms with Crippen LogP contribution in [0.3, 0.4) is 0 Å². The minimum atomic E-state index is -1.24. The van der Waals surface area contributed by atoms with E-state index in [2.05, 4.69) is 71.9 Å². The van der Waals surface area contributed by atoms with Gasteiger partial charge in [-0.1, -0.05) is 71.9 Å². The van der Waals surface area contributed by atoms with Crippen molar-refractivity contribution in [3.05, 3.63) is 35.9 Å². The standard InChI is InChI=1S/C17H30OSi/c1-16(2,3)12-13-18-19(17(4,5)6)14-15-10-8-7-9-11-15/h7-11,19H,12-14H2,1-6H3. The molecule has 0 radical (unpaired) electrons. The van der Waals surface area contributed by atoms with Crippen molar-refractivity contribution in [3.8, 4) is 0 Å². The Bertz CT molecular complexity index is 359. The molecule has 1 rings (SSSR count). The van der Waals surface area contributed by atoms with E-state index in [4.69, 9.17) is 4.43 Å². The smallest absolute Gasteiger partial charge is 0.186 e. The summed E-state index contributed by atoms with van der Waals surface area (Å²) in [6.07, 6.45) is 1.14. The van der Waals surface area contributed by atoms with Crippen LogP contribution in [0.1, 0.15) is 53.5 Å². The first-order valence-corrected chi connectivity index (χ1v) is 9.20. The van der Waals surface area contributed by atoms with E-state index in [9.17, 15) is 0 Å². The molecule has 1 unspecified atom stereocenters. The Kier molecular flexibility index (Phi) is 5.81. The zero-order valence-electron chi connectivity index (χ0n) is 13.5. The fourth-order valence-electron chi connectivity index (χ4n) is 1.95. The number of hydrogen-bond acceptors (Lipinski definition) is 1. The summed E-state index contributed by atoms with van der Waals surface area (Å²) in [7, 11) is -1.24. The quantitative estimate of drug-likeness (QED) is 0.707. The van der Waals surface area contributed by atoms with Gasteiger partial charge in [0.2, 0.25) is 0 Å². The van der Waals surface area contributed by atoms with Crippen molar-refractivity contribution in [1.82, 2.24) is 0 Å². The highest BCUT2D eigenvalue weighted by molar-refractivity contribution is 6.54. The molecule has 0 aliphatic carbocycles. The van der Waals surface area contributed by atoms with Gasteiger partial charge in [-0.2, -0.15) is 0 Å². The maximum atomic E-state index is 6.33. The molecule has 0 saturated carbocycles. The van der Waals surface area contributed by atoms with Crippen LogP contribution in [-0.4, -0.2) is 15.6 Å². The monoisotopic (exact) mass is 278 g/mol. The molecule has 0 bridgehead atoms. The molecule has 1 nitrogen and oxygen atoms in total. The van der Waals surface area contributed by atoms with Gasteiger partial charge < -0.3 is 4.43 Å². The van der Waals surface area contributed by atoms with Crippen molar-refractivity contribution < 1.29 is 4.43 Å². The summed E-state index contributed by atoms with van der Waals surface area (Å²) in [5, 5.41) is 0.313. The van der Waals surface area contributed by atoms with Crippen LogP contribution in [-0.2, 0) is 10.5 Å². The van der Waals surface area contributed by atoms with Crippen LogP contribution in [0.25, 0.3) is 0 Å². The Balaban J connectivity index is 2.59. The van der Waals surface area contributed by atoms with Gasteiger partial charge in [-0.25, -0.2) is 0 Å². The lowest BCUT2D eigenvalue weighted by molar-refractivity contribution is 0.233. The highest BCUT2D eigenvalue weighted by atomic mass is 28.3. The average Bonchev–Trinajstić information content (AvgIpc) is 2.26. The van der Waals surface area contributed by atoms with Gasteiger partial charge in [0.15, 0.2) is 9.04 Å². The molecule has 0 aliphatic heterocycles. The molecular formula is C17H30OSi. The number of rotatable bonds is 5. The lowest BCUT2D eigenvalue weighted by Crippen LogP contribution is -2.33. The van der Waals surface area contributed by atoms with Gasteiger partial charge in [0.1, 0.15) is 0 Å². The Morgan fingerprint density at radius 3 is 2.00 bits per heavy atom. The Hall–Kier alpha value is -0.603. The molecule has 0 N–H and O–H groups in total. The van der Waals surface area contributed by atoms with E-state index < -0.39 is 9.04 Å². The molecule has 0 amide bonds. The van der Waals surface area contributed by atoms with Gasteiger partial charge in [0.05, 0.1) is 0 Å². The van der Waals surface area contributed by atoms with Crippen molar-refractivity contribution in [2.75, 3.05) is 6.61 Å². The topological polar surface area (TPSA) is 9.23 Å². The fourth-order valence-corrected chi connectivity index (χ4v) is 4.28. The van der Waals surface area contributed by atoms with Crippen molar-refractivity contribution in [3.63, 3.8) is 0 Å². The molecule has 2 heteroatoms. The molecule has 1 atom stereocenters. The summed E-state index contributed by atoms with van der Waals surface area (Å²) in [5.74, 6) is 0. The van der Waals surface area contributed by atoms with Crippen LogP contribution in [0, 0.1) is 5.41 Å². The van der Waals surface area contributed by atoms with E-state index >= 15 is 0 Å². The Morgan fingerprint density at radius 1 is 0.947 bits per heavy atom. The van der Waals surface area contributed by atoms with Gasteiger partial charge in [0, 0.05) is 6.61 Å². The molecule has 0 heterocycles. The van der Waals surface area contributed by atoms with E-state index in [-0.39, 0.29) is 0 Å². The first-order chi connectivity index (χ1) is 8.68. The van der Waals surface area contributed by atoms with Crippen LogP contribution >= 0.6 is 0 Å². The van der Waals surface area contributed by atoms with Gasteiger partial charge >= 0.3 is 0 Å². The lowest BCUT2D eigenvalue weighted by atomic mass is 9.93. The van der Waals surface area contributed by atoms with E-state index in [1.165, 1.54) is 5.56 Å². The first kappa shape index (κ1) is 16.5. The Labute approximate surface area is 121 Å². The third-order valence-electron chi connectivity index (χ3n) is 3.40.